The molecule has 0 aliphatic rings. The zero-order valence-electron chi connectivity index (χ0n) is 17.6. The van der Waals surface area contributed by atoms with Crippen LogP contribution in [0.4, 0.5) is 13.2 Å². The van der Waals surface area contributed by atoms with Gasteiger partial charge in [0.25, 0.3) is 0 Å². The topological polar surface area (TPSA) is 60.0 Å². The fraction of sp³-hybridized carbons (Fsp3) is 0.217. The first-order valence-corrected chi connectivity index (χ1v) is 11.9. The Labute approximate surface area is 197 Å². The summed E-state index contributed by atoms with van der Waals surface area (Å²) in [6.07, 6.45) is -2.59. The number of hydrogen-bond donors (Lipinski definition) is 1. The lowest BCUT2D eigenvalue weighted by Crippen LogP contribution is -2.19. The number of pyridine rings is 1. The minimum atomic E-state index is -4.38. The van der Waals surface area contributed by atoms with Crippen molar-refractivity contribution in [2.24, 2.45) is 0 Å². The van der Waals surface area contributed by atoms with E-state index in [1.165, 1.54) is 29.5 Å². The van der Waals surface area contributed by atoms with Crippen molar-refractivity contribution in [2.45, 2.75) is 27.7 Å². The molecule has 5 nitrogen and oxygen atoms in total. The highest BCUT2D eigenvalue weighted by molar-refractivity contribution is 7.98. The van der Waals surface area contributed by atoms with Crippen molar-refractivity contribution in [1.82, 2.24) is 15.0 Å². The van der Waals surface area contributed by atoms with Crippen molar-refractivity contribution in [3.8, 4) is 11.5 Å². The number of ether oxygens (including phenoxy) is 2. The summed E-state index contributed by atoms with van der Waals surface area (Å²) in [5.74, 6) is 2.42. The molecule has 0 aliphatic carbocycles. The summed E-state index contributed by atoms with van der Waals surface area (Å²) in [5.41, 5.74) is 3.39. The Kier molecular flexibility index (Phi) is 7.34. The molecule has 0 fully saturated rings. The first-order chi connectivity index (χ1) is 15.9. The van der Waals surface area contributed by atoms with E-state index < -0.39 is 12.8 Å². The molecule has 4 rings (SSSR count). The van der Waals surface area contributed by atoms with Crippen molar-refractivity contribution < 1.29 is 22.6 Å². The second-order valence-electron chi connectivity index (χ2n) is 7.03. The number of thioether (sulfide) groups is 2. The quantitative estimate of drug-likeness (QED) is 0.270. The zero-order valence-corrected chi connectivity index (χ0v) is 19.2. The number of nitrogens with one attached hydrogen (secondary N) is 1. The second kappa shape index (κ2) is 10.4. The predicted octanol–water partition coefficient (Wildman–Crippen LogP) is 6.49. The van der Waals surface area contributed by atoms with E-state index in [9.17, 15) is 13.2 Å². The molecule has 2 aromatic heterocycles. The maximum absolute atomic E-state index is 12.4. The number of rotatable bonds is 9. The number of alkyl halides is 3. The molecule has 2 heterocycles. The minimum Gasteiger partial charge on any atom is -0.497 e. The largest absolute Gasteiger partial charge is 0.497 e. The molecule has 0 amide bonds. The number of halogens is 3. The molecule has 1 N–H and O–H groups in total. The lowest BCUT2D eigenvalue weighted by molar-refractivity contribution is -0.153. The third kappa shape index (κ3) is 6.82. The first-order valence-electron chi connectivity index (χ1n) is 9.91. The number of hydrogen-bond acceptors (Lipinski definition) is 6. The molecule has 33 heavy (non-hydrogen) atoms. The second-order valence-corrected chi connectivity index (χ2v) is 9.05. The normalized spacial score (nSPS) is 11.6. The van der Waals surface area contributed by atoms with Crippen LogP contribution in [-0.2, 0) is 11.5 Å². The van der Waals surface area contributed by atoms with Crippen LogP contribution in [0.25, 0.3) is 11.0 Å². The van der Waals surface area contributed by atoms with Crippen molar-refractivity contribution in [3.05, 3.63) is 72.1 Å². The van der Waals surface area contributed by atoms with Crippen LogP contribution in [0.1, 0.15) is 11.3 Å². The molecular formula is C23H20F3N3O2S2. The number of nitrogens with zero attached hydrogens (tertiary/aromatic N) is 2. The summed E-state index contributed by atoms with van der Waals surface area (Å²) in [6, 6.07) is 16.7. The van der Waals surface area contributed by atoms with Gasteiger partial charge in [-0.3, -0.25) is 4.98 Å². The standard InChI is InChI=1S/C23H20F3N3O2S2/c1-30-17-4-2-15(3-5-17)12-32-19-8-9-27-16(10-19)13-33-22-28-20-7-6-18(11-21(20)29-22)31-14-23(24,25)26/h2-11H,12-14H2,1H3,(H,28,29). The summed E-state index contributed by atoms with van der Waals surface area (Å²) >= 11 is 3.20. The summed E-state index contributed by atoms with van der Waals surface area (Å²) in [4.78, 5) is 13.1. The van der Waals surface area contributed by atoms with Crippen molar-refractivity contribution in [3.63, 3.8) is 0 Å². The van der Waals surface area contributed by atoms with Crippen LogP contribution in [0, 0.1) is 0 Å². The average Bonchev–Trinajstić information content (AvgIpc) is 3.22. The van der Waals surface area contributed by atoms with Crippen LogP contribution in [0.2, 0.25) is 0 Å². The third-order valence-corrected chi connectivity index (χ3v) is 6.52. The highest BCUT2D eigenvalue weighted by Crippen LogP contribution is 2.28. The van der Waals surface area contributed by atoms with Gasteiger partial charge >= 0.3 is 6.18 Å². The molecule has 0 bridgehead atoms. The van der Waals surface area contributed by atoms with E-state index in [2.05, 4.69) is 15.0 Å². The number of fused-ring (bicyclic) bond motifs is 1. The molecule has 172 valence electrons. The van der Waals surface area contributed by atoms with Crippen LogP contribution in [-0.4, -0.2) is 34.8 Å². The summed E-state index contributed by atoms with van der Waals surface area (Å²) in [7, 11) is 1.65. The monoisotopic (exact) mass is 491 g/mol. The molecule has 0 unspecified atom stereocenters. The van der Waals surface area contributed by atoms with Crippen LogP contribution in [0.5, 0.6) is 11.5 Å². The van der Waals surface area contributed by atoms with Gasteiger partial charge in [0.15, 0.2) is 11.8 Å². The van der Waals surface area contributed by atoms with Crippen LogP contribution in [0.3, 0.4) is 0 Å². The van der Waals surface area contributed by atoms with Gasteiger partial charge < -0.3 is 14.5 Å². The van der Waals surface area contributed by atoms with E-state index in [1.807, 2.05) is 36.4 Å². The fourth-order valence-corrected chi connectivity index (χ4v) is 4.63. The van der Waals surface area contributed by atoms with Gasteiger partial charge in [0, 0.05) is 28.7 Å². The lowest BCUT2D eigenvalue weighted by atomic mass is 10.2. The molecule has 0 saturated heterocycles. The molecule has 0 saturated carbocycles. The Morgan fingerprint density at radius 1 is 0.939 bits per heavy atom. The Bertz CT molecular complexity index is 1210. The van der Waals surface area contributed by atoms with Gasteiger partial charge in [-0.25, -0.2) is 4.98 Å². The Balaban J connectivity index is 1.34. The van der Waals surface area contributed by atoms with Crippen LogP contribution in [0.15, 0.2) is 70.8 Å². The van der Waals surface area contributed by atoms with Crippen molar-refractivity contribution in [1.29, 1.82) is 0 Å². The summed E-state index contributed by atoms with van der Waals surface area (Å²) in [5, 5.41) is 0.663. The number of aromatic nitrogens is 3. The highest BCUT2D eigenvalue weighted by Gasteiger charge is 2.28. The Hall–Kier alpha value is -2.85. The minimum absolute atomic E-state index is 0.142. The van der Waals surface area contributed by atoms with Gasteiger partial charge in [-0.05, 0) is 42.0 Å². The van der Waals surface area contributed by atoms with E-state index in [4.69, 9.17) is 9.47 Å². The summed E-state index contributed by atoms with van der Waals surface area (Å²) < 4.78 is 47.0. The average molecular weight is 492 g/mol. The van der Waals surface area contributed by atoms with Crippen molar-refractivity contribution in [2.75, 3.05) is 13.7 Å². The third-order valence-electron chi connectivity index (χ3n) is 4.54. The van der Waals surface area contributed by atoms with Crippen LogP contribution >= 0.6 is 23.5 Å². The van der Waals surface area contributed by atoms with E-state index >= 15 is 0 Å². The molecule has 10 heteroatoms. The molecule has 0 atom stereocenters. The lowest BCUT2D eigenvalue weighted by Gasteiger charge is -2.08. The predicted molar refractivity (Wildman–Crippen MR) is 124 cm³/mol. The maximum Gasteiger partial charge on any atom is 0.422 e. The molecule has 0 radical (unpaired) electrons. The van der Waals surface area contributed by atoms with Crippen molar-refractivity contribution >= 4 is 34.6 Å². The maximum atomic E-state index is 12.4. The van der Waals surface area contributed by atoms with E-state index in [-0.39, 0.29) is 5.75 Å². The smallest absolute Gasteiger partial charge is 0.422 e. The first kappa shape index (κ1) is 23.3. The zero-order chi connectivity index (χ0) is 23.3. The van der Waals surface area contributed by atoms with Gasteiger partial charge in [-0.2, -0.15) is 13.2 Å². The summed E-state index contributed by atoms with van der Waals surface area (Å²) in [6.45, 7) is -1.33. The Morgan fingerprint density at radius 3 is 2.48 bits per heavy atom. The van der Waals surface area contributed by atoms with E-state index in [0.29, 0.717) is 21.9 Å². The van der Waals surface area contributed by atoms with Gasteiger partial charge in [0.05, 0.1) is 23.8 Å². The van der Waals surface area contributed by atoms with Gasteiger partial charge in [-0.15, -0.1) is 11.8 Å². The number of imidazole rings is 1. The molecular weight excluding hydrogens is 471 g/mol. The highest BCUT2D eigenvalue weighted by atomic mass is 32.2. The molecule has 2 aromatic carbocycles. The Morgan fingerprint density at radius 2 is 1.73 bits per heavy atom. The molecule has 0 aliphatic heterocycles. The number of aromatic amines is 1. The molecule has 0 spiro atoms. The number of benzene rings is 2. The van der Waals surface area contributed by atoms with Crippen LogP contribution < -0.4 is 9.47 Å². The number of methoxy groups -OCH3 is 1. The fourth-order valence-electron chi connectivity index (χ4n) is 2.94. The SMILES string of the molecule is COc1ccc(CSc2ccnc(CSc3nc4ccc(OCC(F)(F)F)cc4[nH]3)c2)cc1. The molecule has 4 aromatic rings. The van der Waals surface area contributed by atoms with Gasteiger partial charge in [0.2, 0.25) is 0 Å². The van der Waals surface area contributed by atoms with Gasteiger partial charge in [0.1, 0.15) is 11.5 Å². The van der Waals surface area contributed by atoms with Gasteiger partial charge in [-0.1, -0.05) is 23.9 Å². The number of H-pyrrole nitrogens is 1. The van der Waals surface area contributed by atoms with E-state index in [1.54, 1.807) is 31.1 Å². The van der Waals surface area contributed by atoms with E-state index in [0.717, 1.165) is 22.1 Å².